The van der Waals surface area contributed by atoms with Gasteiger partial charge in [-0.15, -0.1) is 0 Å². The fraction of sp³-hybridized carbons (Fsp3) is 0. The Labute approximate surface area is 91.3 Å². The third-order valence-corrected chi connectivity index (χ3v) is 2.82. The summed E-state index contributed by atoms with van der Waals surface area (Å²) in [7, 11) is 0. The summed E-state index contributed by atoms with van der Waals surface area (Å²) >= 11 is 0. The second-order valence-electron chi connectivity index (χ2n) is 3.76. The summed E-state index contributed by atoms with van der Waals surface area (Å²) in [6, 6.07) is 8.58. The molecule has 0 amide bonds. The van der Waals surface area contributed by atoms with E-state index in [1.807, 2.05) is 6.07 Å². The second-order valence-corrected chi connectivity index (χ2v) is 3.76. The van der Waals surface area contributed by atoms with Gasteiger partial charge >= 0.3 is 0 Å². The zero-order chi connectivity index (χ0) is 11.3. The molecule has 0 unspecified atom stereocenters. The molecule has 3 heteroatoms. The highest BCUT2D eigenvalue weighted by Crippen LogP contribution is 2.35. The third-order valence-electron chi connectivity index (χ3n) is 2.82. The SMILES string of the molecule is O=C1C(O)=Cc2c(O)ccc3cccc1c23. The van der Waals surface area contributed by atoms with Crippen LogP contribution in [0.3, 0.4) is 0 Å². The Morgan fingerprint density at radius 2 is 1.81 bits per heavy atom. The number of hydrogen-bond acceptors (Lipinski definition) is 3. The monoisotopic (exact) mass is 212 g/mol. The Bertz CT molecular complexity index is 654. The number of phenols is 1. The number of phenolic OH excluding ortho intramolecular Hbond substituents is 1. The van der Waals surface area contributed by atoms with Gasteiger partial charge in [0, 0.05) is 16.5 Å². The maximum absolute atomic E-state index is 11.7. The molecule has 0 aromatic heterocycles. The number of carbonyl (C=O) groups excluding carboxylic acids is 1. The maximum Gasteiger partial charge on any atom is 0.227 e. The van der Waals surface area contributed by atoms with Crippen molar-refractivity contribution in [1.82, 2.24) is 0 Å². The van der Waals surface area contributed by atoms with Crippen LogP contribution >= 0.6 is 0 Å². The topological polar surface area (TPSA) is 57.5 Å². The van der Waals surface area contributed by atoms with E-state index in [1.54, 1.807) is 24.3 Å². The van der Waals surface area contributed by atoms with Crippen LogP contribution in [0.4, 0.5) is 0 Å². The van der Waals surface area contributed by atoms with Crippen LogP contribution in [0, 0.1) is 0 Å². The largest absolute Gasteiger partial charge is 0.507 e. The molecule has 0 saturated carbocycles. The minimum atomic E-state index is -0.399. The van der Waals surface area contributed by atoms with E-state index >= 15 is 0 Å². The highest BCUT2D eigenvalue weighted by Gasteiger charge is 2.22. The van der Waals surface area contributed by atoms with Crippen molar-refractivity contribution in [1.29, 1.82) is 0 Å². The first-order valence-corrected chi connectivity index (χ1v) is 4.88. The molecule has 0 saturated heterocycles. The van der Waals surface area contributed by atoms with Crippen molar-refractivity contribution >= 4 is 22.6 Å². The first kappa shape index (κ1) is 8.97. The average molecular weight is 212 g/mol. The van der Waals surface area contributed by atoms with Crippen LogP contribution in [0.25, 0.3) is 16.8 Å². The maximum atomic E-state index is 11.7. The van der Waals surface area contributed by atoms with Crippen molar-refractivity contribution in [3.63, 3.8) is 0 Å². The van der Waals surface area contributed by atoms with Gasteiger partial charge in [-0.1, -0.05) is 24.3 Å². The predicted octanol–water partition coefficient (Wildman–Crippen LogP) is 2.64. The standard InChI is InChI=1S/C13H8O3/c14-10-5-4-7-2-1-3-8-12(7)9(10)6-11(15)13(8)16/h1-6,14-15H. The lowest BCUT2D eigenvalue weighted by molar-refractivity contribution is 0.0981. The Balaban J connectivity index is 2.57. The van der Waals surface area contributed by atoms with Gasteiger partial charge in [0.15, 0.2) is 5.76 Å². The van der Waals surface area contributed by atoms with Gasteiger partial charge in [0.05, 0.1) is 0 Å². The third kappa shape index (κ3) is 0.997. The number of aromatic hydroxyl groups is 1. The molecule has 0 spiro atoms. The molecule has 2 aromatic carbocycles. The lowest BCUT2D eigenvalue weighted by Gasteiger charge is -2.14. The number of hydrogen-bond donors (Lipinski definition) is 2. The summed E-state index contributed by atoms with van der Waals surface area (Å²) in [6.07, 6.45) is 1.31. The van der Waals surface area contributed by atoms with Gasteiger partial charge in [-0.3, -0.25) is 4.79 Å². The van der Waals surface area contributed by atoms with Crippen LogP contribution in [0.15, 0.2) is 36.1 Å². The van der Waals surface area contributed by atoms with Gasteiger partial charge in [0.2, 0.25) is 5.78 Å². The molecule has 16 heavy (non-hydrogen) atoms. The molecular formula is C13H8O3. The average Bonchev–Trinajstić information content (AvgIpc) is 2.29. The van der Waals surface area contributed by atoms with Crippen LogP contribution in [0.5, 0.6) is 5.75 Å². The summed E-state index contributed by atoms with van der Waals surface area (Å²) in [5.41, 5.74) is 0.939. The molecule has 78 valence electrons. The molecular weight excluding hydrogens is 204 g/mol. The van der Waals surface area contributed by atoms with Crippen molar-refractivity contribution in [2.75, 3.05) is 0 Å². The summed E-state index contributed by atoms with van der Waals surface area (Å²) in [5, 5.41) is 20.8. The Morgan fingerprint density at radius 3 is 2.62 bits per heavy atom. The molecule has 3 nitrogen and oxygen atoms in total. The van der Waals surface area contributed by atoms with E-state index in [9.17, 15) is 15.0 Å². The molecule has 2 N–H and O–H groups in total. The Morgan fingerprint density at radius 1 is 1.00 bits per heavy atom. The number of rotatable bonds is 0. The lowest BCUT2D eigenvalue weighted by atomic mass is 9.91. The van der Waals surface area contributed by atoms with E-state index < -0.39 is 5.78 Å². The van der Waals surface area contributed by atoms with Crippen LogP contribution in [0.2, 0.25) is 0 Å². The van der Waals surface area contributed by atoms with E-state index in [-0.39, 0.29) is 11.5 Å². The summed E-state index contributed by atoms with van der Waals surface area (Å²) in [5.74, 6) is -0.663. The van der Waals surface area contributed by atoms with Gasteiger partial charge in [-0.05, 0) is 17.5 Å². The fourth-order valence-corrected chi connectivity index (χ4v) is 2.07. The van der Waals surface area contributed by atoms with Gasteiger partial charge < -0.3 is 10.2 Å². The molecule has 0 aliphatic heterocycles. The summed E-state index contributed by atoms with van der Waals surface area (Å²) in [4.78, 5) is 11.7. The normalized spacial score (nSPS) is 14.0. The number of benzene rings is 2. The van der Waals surface area contributed by atoms with Crippen LogP contribution < -0.4 is 0 Å². The second kappa shape index (κ2) is 2.85. The van der Waals surface area contributed by atoms with Gasteiger partial charge in [0.1, 0.15) is 5.75 Å². The van der Waals surface area contributed by atoms with Crippen molar-refractivity contribution in [3.8, 4) is 5.75 Å². The number of ketones is 1. The Hall–Kier alpha value is -2.29. The zero-order valence-corrected chi connectivity index (χ0v) is 8.27. The molecule has 0 heterocycles. The molecule has 1 aliphatic rings. The van der Waals surface area contributed by atoms with Gasteiger partial charge in [-0.25, -0.2) is 0 Å². The number of aliphatic hydroxyl groups is 1. The quantitative estimate of drug-likeness (QED) is 0.705. The highest BCUT2D eigenvalue weighted by atomic mass is 16.3. The van der Waals surface area contributed by atoms with E-state index in [1.165, 1.54) is 6.08 Å². The van der Waals surface area contributed by atoms with E-state index in [4.69, 9.17) is 0 Å². The minimum Gasteiger partial charge on any atom is -0.507 e. The van der Waals surface area contributed by atoms with E-state index in [0.717, 1.165) is 5.39 Å². The van der Waals surface area contributed by atoms with Crippen molar-refractivity contribution in [3.05, 3.63) is 47.2 Å². The Kier molecular flexibility index (Phi) is 1.60. The van der Waals surface area contributed by atoms with Gasteiger partial charge in [-0.2, -0.15) is 0 Å². The minimum absolute atomic E-state index is 0.0685. The van der Waals surface area contributed by atoms with Crippen LogP contribution in [-0.2, 0) is 0 Å². The van der Waals surface area contributed by atoms with Crippen molar-refractivity contribution in [2.45, 2.75) is 0 Å². The highest BCUT2D eigenvalue weighted by molar-refractivity contribution is 6.22. The smallest absolute Gasteiger partial charge is 0.227 e. The van der Waals surface area contributed by atoms with Gasteiger partial charge in [0.25, 0.3) is 0 Å². The van der Waals surface area contributed by atoms with Crippen molar-refractivity contribution in [2.24, 2.45) is 0 Å². The van der Waals surface area contributed by atoms with Crippen LogP contribution in [0.1, 0.15) is 15.9 Å². The van der Waals surface area contributed by atoms with Crippen LogP contribution in [-0.4, -0.2) is 16.0 Å². The van der Waals surface area contributed by atoms with E-state index in [0.29, 0.717) is 16.5 Å². The number of aliphatic hydroxyl groups excluding tert-OH is 1. The fourth-order valence-electron chi connectivity index (χ4n) is 2.07. The molecule has 3 rings (SSSR count). The zero-order valence-electron chi connectivity index (χ0n) is 8.27. The first-order valence-electron chi connectivity index (χ1n) is 4.88. The number of Topliss-reactive ketones (excluding diaryl/α,β-unsaturated/α-hetero) is 1. The molecule has 1 aliphatic carbocycles. The molecule has 0 atom stereocenters. The first-order chi connectivity index (χ1) is 7.68. The molecule has 0 radical (unpaired) electrons. The van der Waals surface area contributed by atoms with E-state index in [2.05, 4.69) is 0 Å². The number of carbonyl (C=O) groups is 1. The molecule has 0 bridgehead atoms. The number of allylic oxidation sites excluding steroid dienone is 1. The van der Waals surface area contributed by atoms with Crippen molar-refractivity contribution < 1.29 is 15.0 Å². The summed E-state index contributed by atoms with van der Waals surface area (Å²) in [6.45, 7) is 0. The predicted molar refractivity (Wildman–Crippen MR) is 60.5 cm³/mol. The lowest BCUT2D eigenvalue weighted by Crippen LogP contribution is -2.08. The molecule has 2 aromatic rings. The molecule has 0 fully saturated rings. The summed E-state index contributed by atoms with van der Waals surface area (Å²) < 4.78 is 0.